The highest BCUT2D eigenvalue weighted by molar-refractivity contribution is 6.29. The van der Waals surface area contributed by atoms with Crippen molar-refractivity contribution in [3.05, 3.63) is 29.8 Å². The minimum atomic E-state index is -0.0871. The number of hydrogen-bond donors (Lipinski definition) is 0. The Morgan fingerprint density at radius 3 is 2.62 bits per heavy atom. The third-order valence-electron chi connectivity index (χ3n) is 1.97. The van der Waals surface area contributed by atoms with Crippen molar-refractivity contribution in [1.29, 1.82) is 0 Å². The van der Waals surface area contributed by atoms with Crippen LogP contribution < -0.4 is 4.90 Å². The summed E-state index contributed by atoms with van der Waals surface area (Å²) in [5, 5.41) is 0. The summed E-state index contributed by atoms with van der Waals surface area (Å²) < 4.78 is 0. The van der Waals surface area contributed by atoms with E-state index in [0.29, 0.717) is 0 Å². The van der Waals surface area contributed by atoms with Crippen LogP contribution in [0, 0.1) is 6.92 Å². The molecule has 0 radical (unpaired) electrons. The molecule has 1 aromatic carbocycles. The molecule has 0 atom stereocenters. The Labute approximate surface area is 83.1 Å². The van der Waals surface area contributed by atoms with E-state index in [9.17, 15) is 4.79 Å². The number of aryl methyl sites for hydroxylation is 1. The second-order valence-electron chi connectivity index (χ2n) is 2.87. The second kappa shape index (κ2) is 4.28. The first-order valence-corrected chi connectivity index (χ1v) is 4.58. The Bertz CT molecular complexity index is 312. The molecule has 1 rings (SSSR count). The number of benzene rings is 1. The van der Waals surface area contributed by atoms with Crippen LogP contribution in [0.3, 0.4) is 0 Å². The minimum absolute atomic E-state index is 0.0187. The van der Waals surface area contributed by atoms with Gasteiger partial charge in [0.2, 0.25) is 5.91 Å². The number of carbonyl (C=O) groups excluding carboxylic acids is 1. The molecule has 3 heteroatoms. The topological polar surface area (TPSA) is 20.3 Å². The first-order valence-electron chi connectivity index (χ1n) is 4.05. The molecule has 0 unspecified atom stereocenters. The number of amides is 1. The quantitative estimate of drug-likeness (QED) is 0.666. The van der Waals surface area contributed by atoms with Crippen LogP contribution in [0.15, 0.2) is 24.3 Å². The van der Waals surface area contributed by atoms with Crippen molar-refractivity contribution in [1.82, 2.24) is 0 Å². The SMILES string of the molecule is Cc1ccccc1N(C)C(=O)CCl. The van der Waals surface area contributed by atoms with Gasteiger partial charge < -0.3 is 4.90 Å². The molecule has 0 N–H and O–H groups in total. The summed E-state index contributed by atoms with van der Waals surface area (Å²) in [6.45, 7) is 1.97. The summed E-state index contributed by atoms with van der Waals surface area (Å²) in [5.74, 6) is -0.0684. The Morgan fingerprint density at radius 2 is 2.08 bits per heavy atom. The molecule has 1 amide bonds. The normalized spacial score (nSPS) is 9.77. The van der Waals surface area contributed by atoms with Crippen LogP contribution in [0.1, 0.15) is 5.56 Å². The molecule has 0 heterocycles. The lowest BCUT2D eigenvalue weighted by atomic mass is 10.2. The molecule has 0 saturated heterocycles. The van der Waals surface area contributed by atoms with E-state index < -0.39 is 0 Å². The largest absolute Gasteiger partial charge is 0.314 e. The maximum Gasteiger partial charge on any atom is 0.241 e. The number of nitrogens with zero attached hydrogens (tertiary/aromatic N) is 1. The van der Waals surface area contributed by atoms with E-state index in [-0.39, 0.29) is 11.8 Å². The minimum Gasteiger partial charge on any atom is -0.314 e. The van der Waals surface area contributed by atoms with E-state index in [2.05, 4.69) is 0 Å². The summed E-state index contributed by atoms with van der Waals surface area (Å²) in [6.07, 6.45) is 0. The van der Waals surface area contributed by atoms with Gasteiger partial charge in [-0.25, -0.2) is 0 Å². The molecule has 0 fully saturated rings. The van der Waals surface area contributed by atoms with Gasteiger partial charge in [-0.05, 0) is 18.6 Å². The molecule has 0 saturated carbocycles. The van der Waals surface area contributed by atoms with Gasteiger partial charge >= 0.3 is 0 Å². The second-order valence-corrected chi connectivity index (χ2v) is 3.14. The van der Waals surface area contributed by atoms with Crippen LogP contribution in [0.2, 0.25) is 0 Å². The van der Waals surface area contributed by atoms with Gasteiger partial charge in [0.15, 0.2) is 0 Å². The lowest BCUT2D eigenvalue weighted by molar-refractivity contribution is -0.116. The molecule has 0 bridgehead atoms. The number of anilines is 1. The number of alkyl halides is 1. The highest BCUT2D eigenvalue weighted by Gasteiger charge is 2.10. The van der Waals surface area contributed by atoms with Crippen molar-refractivity contribution in [3.8, 4) is 0 Å². The molecular formula is C10H12ClNO. The van der Waals surface area contributed by atoms with Crippen molar-refractivity contribution in [2.24, 2.45) is 0 Å². The van der Waals surface area contributed by atoms with E-state index in [1.54, 1.807) is 11.9 Å². The molecule has 1 aromatic rings. The maximum absolute atomic E-state index is 11.3. The van der Waals surface area contributed by atoms with Gasteiger partial charge in [-0.2, -0.15) is 0 Å². The van der Waals surface area contributed by atoms with E-state index in [4.69, 9.17) is 11.6 Å². The Kier molecular flexibility index (Phi) is 3.32. The highest BCUT2D eigenvalue weighted by Crippen LogP contribution is 2.17. The van der Waals surface area contributed by atoms with Gasteiger partial charge in [0.1, 0.15) is 5.88 Å². The highest BCUT2D eigenvalue weighted by atomic mass is 35.5. The summed E-state index contributed by atoms with van der Waals surface area (Å²) in [6, 6.07) is 7.71. The van der Waals surface area contributed by atoms with Crippen molar-refractivity contribution in [3.63, 3.8) is 0 Å². The number of carbonyl (C=O) groups is 1. The van der Waals surface area contributed by atoms with Gasteiger partial charge in [-0.15, -0.1) is 11.6 Å². The van der Waals surface area contributed by atoms with Crippen molar-refractivity contribution < 1.29 is 4.79 Å². The smallest absolute Gasteiger partial charge is 0.241 e. The number of rotatable bonds is 2. The van der Waals surface area contributed by atoms with Crippen molar-refractivity contribution >= 4 is 23.2 Å². The molecule has 70 valence electrons. The fourth-order valence-electron chi connectivity index (χ4n) is 1.16. The zero-order valence-corrected chi connectivity index (χ0v) is 8.51. The van der Waals surface area contributed by atoms with E-state index in [0.717, 1.165) is 11.3 Å². The lowest BCUT2D eigenvalue weighted by Gasteiger charge is -2.17. The molecule has 0 aromatic heterocycles. The average molecular weight is 198 g/mol. The predicted octanol–water partition coefficient (Wildman–Crippen LogP) is 2.20. The summed E-state index contributed by atoms with van der Waals surface area (Å²) >= 11 is 5.46. The van der Waals surface area contributed by atoms with E-state index in [1.807, 2.05) is 31.2 Å². The van der Waals surface area contributed by atoms with Crippen LogP contribution in [-0.2, 0) is 4.79 Å². The summed E-state index contributed by atoms with van der Waals surface area (Å²) in [4.78, 5) is 12.8. The summed E-state index contributed by atoms with van der Waals surface area (Å²) in [7, 11) is 1.73. The van der Waals surface area contributed by atoms with Gasteiger partial charge in [0.05, 0.1) is 0 Å². The first-order chi connectivity index (χ1) is 6.16. The zero-order valence-electron chi connectivity index (χ0n) is 7.75. The molecule has 13 heavy (non-hydrogen) atoms. The number of para-hydroxylation sites is 1. The van der Waals surface area contributed by atoms with Crippen molar-refractivity contribution in [2.45, 2.75) is 6.92 Å². The van der Waals surface area contributed by atoms with Gasteiger partial charge in [0, 0.05) is 12.7 Å². The predicted molar refractivity (Wildman–Crippen MR) is 55.3 cm³/mol. The summed E-state index contributed by atoms with van der Waals surface area (Å²) in [5.41, 5.74) is 1.98. The zero-order chi connectivity index (χ0) is 9.84. The number of hydrogen-bond acceptors (Lipinski definition) is 1. The van der Waals surface area contributed by atoms with Gasteiger partial charge in [0.25, 0.3) is 0 Å². The van der Waals surface area contributed by atoms with Crippen LogP contribution in [-0.4, -0.2) is 18.8 Å². The molecule has 2 nitrogen and oxygen atoms in total. The fourth-order valence-corrected chi connectivity index (χ4v) is 1.34. The average Bonchev–Trinajstić information content (AvgIpc) is 2.16. The van der Waals surface area contributed by atoms with Gasteiger partial charge in [-0.1, -0.05) is 18.2 Å². The third-order valence-corrected chi connectivity index (χ3v) is 2.19. The van der Waals surface area contributed by atoms with Crippen LogP contribution in [0.25, 0.3) is 0 Å². The molecule has 0 spiro atoms. The molecular weight excluding hydrogens is 186 g/mol. The third kappa shape index (κ3) is 2.22. The van der Waals surface area contributed by atoms with Crippen molar-refractivity contribution in [2.75, 3.05) is 17.8 Å². The van der Waals surface area contributed by atoms with Crippen LogP contribution >= 0.6 is 11.6 Å². The van der Waals surface area contributed by atoms with Crippen LogP contribution in [0.5, 0.6) is 0 Å². The molecule has 0 aliphatic rings. The maximum atomic E-state index is 11.3. The van der Waals surface area contributed by atoms with Crippen LogP contribution in [0.4, 0.5) is 5.69 Å². The Morgan fingerprint density at radius 1 is 1.46 bits per heavy atom. The number of halogens is 1. The van der Waals surface area contributed by atoms with E-state index in [1.165, 1.54) is 0 Å². The van der Waals surface area contributed by atoms with Gasteiger partial charge in [-0.3, -0.25) is 4.79 Å². The first kappa shape index (κ1) is 10.1. The monoisotopic (exact) mass is 197 g/mol. The lowest BCUT2D eigenvalue weighted by Crippen LogP contribution is -2.27. The standard InChI is InChI=1S/C10H12ClNO/c1-8-5-3-4-6-9(8)12(2)10(13)7-11/h3-6H,7H2,1-2H3. The molecule has 0 aliphatic carbocycles. The fraction of sp³-hybridized carbons (Fsp3) is 0.300. The Balaban J connectivity index is 2.95. The molecule has 0 aliphatic heterocycles. The Hall–Kier alpha value is -1.02. The van der Waals surface area contributed by atoms with E-state index >= 15 is 0 Å².